The minimum absolute atomic E-state index is 0.109. The molecule has 1 aliphatic rings. The molecule has 244 valence electrons. The number of benzene rings is 2. The number of ether oxygens (including phenoxy) is 2. The zero-order valence-electron chi connectivity index (χ0n) is 26.1. The van der Waals surface area contributed by atoms with Crippen LogP contribution >= 0.6 is 0 Å². The summed E-state index contributed by atoms with van der Waals surface area (Å²) < 4.78 is 50.5. The first-order valence-electron chi connectivity index (χ1n) is 15.3. The van der Waals surface area contributed by atoms with Gasteiger partial charge in [-0.3, -0.25) is 14.5 Å². The van der Waals surface area contributed by atoms with Crippen LogP contribution in [0, 0.1) is 5.92 Å². The van der Waals surface area contributed by atoms with Gasteiger partial charge in [-0.1, -0.05) is 37.3 Å². The highest BCUT2D eigenvalue weighted by molar-refractivity contribution is 5.99. The van der Waals surface area contributed by atoms with Crippen LogP contribution in [0.15, 0.2) is 48.5 Å². The van der Waals surface area contributed by atoms with Crippen LogP contribution < -0.4 is 10.1 Å². The molecule has 44 heavy (non-hydrogen) atoms. The maximum Gasteiger partial charge on any atom is 0.389 e. The summed E-state index contributed by atoms with van der Waals surface area (Å²) in [4.78, 5) is 30.2. The average Bonchev–Trinajstić information content (AvgIpc) is 2.97. The highest BCUT2D eigenvalue weighted by atomic mass is 19.4. The third kappa shape index (κ3) is 11.4. The van der Waals surface area contributed by atoms with Gasteiger partial charge < -0.3 is 24.8 Å². The van der Waals surface area contributed by atoms with E-state index in [-0.39, 0.29) is 42.5 Å². The molecule has 0 aromatic heterocycles. The molecule has 2 aromatic carbocycles. The van der Waals surface area contributed by atoms with Gasteiger partial charge >= 0.3 is 6.18 Å². The topological polar surface area (TPSA) is 91.3 Å². The Kier molecular flexibility index (Phi) is 13.5. The van der Waals surface area contributed by atoms with Crippen LogP contribution in [0.2, 0.25) is 0 Å². The Morgan fingerprint density at radius 2 is 1.89 bits per heavy atom. The van der Waals surface area contributed by atoms with Crippen LogP contribution in [0.1, 0.15) is 68.8 Å². The Morgan fingerprint density at radius 1 is 1.16 bits per heavy atom. The molecule has 0 aliphatic carbocycles. The number of hydrogen-bond acceptors (Lipinski definition) is 6. The molecular formula is C33H46F3N3O5. The van der Waals surface area contributed by atoms with E-state index >= 15 is 0 Å². The maximum absolute atomic E-state index is 14.1. The molecule has 4 atom stereocenters. The number of nitrogens with one attached hydrogen (secondary N) is 1. The van der Waals surface area contributed by atoms with Gasteiger partial charge in [-0.05, 0) is 63.9 Å². The Bertz CT molecular complexity index is 1200. The van der Waals surface area contributed by atoms with Gasteiger partial charge in [0.05, 0.1) is 36.8 Å². The predicted octanol–water partition coefficient (Wildman–Crippen LogP) is 5.90. The lowest BCUT2D eigenvalue weighted by Crippen LogP contribution is -2.47. The molecule has 11 heteroatoms. The fourth-order valence-corrected chi connectivity index (χ4v) is 5.21. The molecule has 2 aromatic rings. The number of hydrogen-bond donors (Lipinski definition) is 2. The molecule has 3 rings (SSSR count). The zero-order valence-corrected chi connectivity index (χ0v) is 26.1. The van der Waals surface area contributed by atoms with E-state index in [0.29, 0.717) is 18.9 Å². The van der Waals surface area contributed by atoms with E-state index < -0.39 is 36.9 Å². The van der Waals surface area contributed by atoms with E-state index in [0.717, 1.165) is 25.8 Å². The maximum atomic E-state index is 14.1. The van der Waals surface area contributed by atoms with Crippen molar-refractivity contribution in [2.24, 2.45) is 5.92 Å². The van der Waals surface area contributed by atoms with Gasteiger partial charge in [-0.2, -0.15) is 13.2 Å². The number of anilines is 1. The number of rotatable bonds is 9. The van der Waals surface area contributed by atoms with Crippen molar-refractivity contribution in [1.29, 1.82) is 0 Å². The number of aliphatic hydroxyl groups excluding tert-OH is 1. The van der Waals surface area contributed by atoms with E-state index in [1.54, 1.807) is 17.9 Å². The molecule has 0 saturated heterocycles. The number of amides is 2. The Hall–Kier alpha value is -3.15. The Labute approximate surface area is 258 Å². The van der Waals surface area contributed by atoms with E-state index in [2.05, 4.69) is 22.3 Å². The van der Waals surface area contributed by atoms with Crippen molar-refractivity contribution in [1.82, 2.24) is 9.80 Å². The molecule has 0 spiro atoms. The normalized spacial score (nSPS) is 21.2. The van der Waals surface area contributed by atoms with Gasteiger partial charge in [-0.15, -0.1) is 0 Å². The predicted molar refractivity (Wildman–Crippen MR) is 164 cm³/mol. The lowest BCUT2D eigenvalue weighted by atomic mass is 10.0. The molecule has 0 fully saturated rings. The molecule has 1 heterocycles. The zero-order chi connectivity index (χ0) is 32.3. The van der Waals surface area contributed by atoms with Crippen molar-refractivity contribution in [3.63, 3.8) is 0 Å². The summed E-state index contributed by atoms with van der Waals surface area (Å²) in [6.07, 6.45) is -4.44. The second kappa shape index (κ2) is 16.8. The number of alkyl halides is 3. The van der Waals surface area contributed by atoms with E-state index in [9.17, 15) is 27.9 Å². The Balaban J connectivity index is 1.89. The van der Waals surface area contributed by atoms with Crippen LogP contribution in [0.3, 0.4) is 0 Å². The highest BCUT2D eigenvalue weighted by Crippen LogP contribution is 2.29. The molecule has 2 N–H and O–H groups in total. The van der Waals surface area contributed by atoms with Crippen molar-refractivity contribution < 1.29 is 37.3 Å². The summed E-state index contributed by atoms with van der Waals surface area (Å²) in [5.74, 6) is -1.02. The third-order valence-electron chi connectivity index (χ3n) is 7.76. The molecule has 0 radical (unpaired) electrons. The number of aliphatic hydroxyl groups is 1. The first-order chi connectivity index (χ1) is 20.9. The molecule has 0 saturated carbocycles. The molecule has 8 nitrogen and oxygen atoms in total. The number of nitrogens with zero attached hydrogens (tertiary/aromatic N) is 2. The van der Waals surface area contributed by atoms with Crippen molar-refractivity contribution in [3.8, 4) is 5.75 Å². The van der Waals surface area contributed by atoms with Crippen LogP contribution in [0.25, 0.3) is 0 Å². The molecule has 1 aliphatic heterocycles. The lowest BCUT2D eigenvalue weighted by Gasteiger charge is -2.36. The smallest absolute Gasteiger partial charge is 0.389 e. The van der Waals surface area contributed by atoms with Gasteiger partial charge in [-0.25, -0.2) is 0 Å². The van der Waals surface area contributed by atoms with Crippen LogP contribution in [-0.2, 0) is 16.1 Å². The van der Waals surface area contributed by atoms with Gasteiger partial charge in [0, 0.05) is 44.3 Å². The number of halogens is 3. The van der Waals surface area contributed by atoms with Gasteiger partial charge in [0.2, 0.25) is 5.91 Å². The Morgan fingerprint density at radius 3 is 2.57 bits per heavy atom. The standard InChI is InChI=1S/C33H46F3N3O5/c1-23-19-39(24(2)22-40)32(42)28-18-27(37-31(41)15-16-33(34,35)36)13-14-29(28)44-25(3)10-8-9-17-43-30(23)21-38(4)20-26-11-6-5-7-12-26/h5-7,11-14,18,23-25,30,40H,8-10,15-17,19-22H2,1-4H3,(H,37,41)/t23-,24-,25+,30-/m1/s1. The largest absolute Gasteiger partial charge is 0.490 e. The van der Waals surface area contributed by atoms with Crippen LogP contribution in [-0.4, -0.2) is 84.5 Å². The first-order valence-corrected chi connectivity index (χ1v) is 15.3. The van der Waals surface area contributed by atoms with Gasteiger partial charge in [0.15, 0.2) is 0 Å². The molecule has 0 bridgehead atoms. The van der Waals surface area contributed by atoms with Crippen molar-refractivity contribution >= 4 is 17.5 Å². The monoisotopic (exact) mass is 621 g/mol. The second-order valence-electron chi connectivity index (χ2n) is 11.9. The van der Waals surface area contributed by atoms with Crippen LogP contribution in [0.5, 0.6) is 5.75 Å². The van der Waals surface area contributed by atoms with E-state index in [1.165, 1.54) is 17.7 Å². The molecule has 0 unspecified atom stereocenters. The quantitative estimate of drug-likeness (QED) is 0.363. The average molecular weight is 622 g/mol. The molecular weight excluding hydrogens is 575 g/mol. The molecule has 2 amide bonds. The van der Waals surface area contributed by atoms with Crippen molar-refractivity contribution in [3.05, 3.63) is 59.7 Å². The fraction of sp³-hybridized carbons (Fsp3) is 0.576. The number of likely N-dealkylation sites (N-methyl/N-ethyl adjacent to an activating group) is 1. The summed E-state index contributed by atoms with van der Waals surface area (Å²) in [6.45, 7) is 7.62. The summed E-state index contributed by atoms with van der Waals surface area (Å²) in [6, 6.07) is 14.1. The second-order valence-corrected chi connectivity index (χ2v) is 11.9. The van der Waals surface area contributed by atoms with Gasteiger partial charge in [0.25, 0.3) is 5.91 Å². The SMILES string of the molecule is C[C@@H]1CN([C@H](C)CO)C(=O)c2cc(NC(=O)CCC(F)(F)F)ccc2O[C@@H](C)CCCCO[C@@H]1CN(C)Cc1ccccc1. The van der Waals surface area contributed by atoms with Gasteiger partial charge in [0.1, 0.15) is 5.75 Å². The number of carbonyl (C=O) groups is 2. The first kappa shape index (κ1) is 35.3. The summed E-state index contributed by atoms with van der Waals surface area (Å²) in [5.41, 5.74) is 1.53. The van der Waals surface area contributed by atoms with E-state index in [4.69, 9.17) is 9.47 Å². The van der Waals surface area contributed by atoms with Crippen LogP contribution in [0.4, 0.5) is 18.9 Å². The number of carbonyl (C=O) groups excluding carboxylic acids is 2. The summed E-state index contributed by atoms with van der Waals surface area (Å²) in [5, 5.41) is 12.6. The third-order valence-corrected chi connectivity index (χ3v) is 7.76. The van der Waals surface area contributed by atoms with E-state index in [1.807, 2.05) is 39.1 Å². The highest BCUT2D eigenvalue weighted by Gasteiger charge is 2.31. The fourth-order valence-electron chi connectivity index (χ4n) is 5.21. The lowest BCUT2D eigenvalue weighted by molar-refractivity contribution is -0.142. The number of fused-ring (bicyclic) bond motifs is 1. The minimum atomic E-state index is -4.45. The minimum Gasteiger partial charge on any atom is -0.490 e. The van der Waals surface area contributed by atoms with Crippen molar-refractivity contribution in [2.75, 3.05) is 38.7 Å². The summed E-state index contributed by atoms with van der Waals surface area (Å²) in [7, 11) is 2.04. The van der Waals surface area contributed by atoms with Crippen molar-refractivity contribution in [2.45, 2.75) is 83.8 Å². The summed E-state index contributed by atoms with van der Waals surface area (Å²) >= 11 is 0.